The predicted octanol–water partition coefficient (Wildman–Crippen LogP) is 3.00. The molecule has 0 aromatic heterocycles. The Morgan fingerprint density at radius 1 is 1.25 bits per heavy atom. The third-order valence-corrected chi connectivity index (χ3v) is 4.09. The van der Waals surface area contributed by atoms with Crippen LogP contribution in [0.3, 0.4) is 0 Å². The summed E-state index contributed by atoms with van der Waals surface area (Å²) in [5, 5.41) is 0. The first-order chi connectivity index (χ1) is 7.41. The van der Waals surface area contributed by atoms with Crippen LogP contribution in [0, 0.1) is 23.7 Å². The van der Waals surface area contributed by atoms with Crippen molar-refractivity contribution in [2.45, 2.75) is 59.4 Å². The van der Waals surface area contributed by atoms with Crippen molar-refractivity contribution < 1.29 is 4.79 Å². The van der Waals surface area contributed by atoms with Gasteiger partial charge >= 0.3 is 0 Å². The van der Waals surface area contributed by atoms with Crippen LogP contribution >= 0.6 is 0 Å². The minimum Gasteiger partial charge on any atom is -0.321 e. The highest BCUT2D eigenvalue weighted by atomic mass is 16.1. The summed E-state index contributed by atoms with van der Waals surface area (Å²) >= 11 is 0. The van der Waals surface area contributed by atoms with E-state index in [0.29, 0.717) is 17.6 Å². The summed E-state index contributed by atoms with van der Waals surface area (Å²) in [6.45, 7) is 8.80. The normalized spacial score (nSPS) is 32.8. The van der Waals surface area contributed by atoms with Gasteiger partial charge in [-0.3, -0.25) is 4.79 Å². The van der Waals surface area contributed by atoms with Gasteiger partial charge in [0.15, 0.2) is 5.78 Å². The largest absolute Gasteiger partial charge is 0.321 e. The van der Waals surface area contributed by atoms with Crippen molar-refractivity contribution in [3.05, 3.63) is 0 Å². The highest BCUT2D eigenvalue weighted by molar-refractivity contribution is 5.86. The second kappa shape index (κ2) is 5.81. The molecule has 16 heavy (non-hydrogen) atoms. The molecule has 2 heteroatoms. The minimum atomic E-state index is -0.231. The zero-order valence-electron chi connectivity index (χ0n) is 11.2. The number of carbonyl (C=O) groups is 1. The van der Waals surface area contributed by atoms with Gasteiger partial charge in [-0.2, -0.15) is 0 Å². The van der Waals surface area contributed by atoms with Crippen LogP contribution in [0.15, 0.2) is 0 Å². The second-order valence-corrected chi connectivity index (χ2v) is 6.10. The van der Waals surface area contributed by atoms with Crippen molar-refractivity contribution in [1.29, 1.82) is 0 Å². The second-order valence-electron chi connectivity index (χ2n) is 6.10. The van der Waals surface area contributed by atoms with E-state index in [4.69, 9.17) is 5.73 Å². The molecule has 4 unspecified atom stereocenters. The van der Waals surface area contributed by atoms with Gasteiger partial charge in [0, 0.05) is 5.92 Å². The Morgan fingerprint density at radius 2 is 1.88 bits per heavy atom. The van der Waals surface area contributed by atoms with E-state index in [1.54, 1.807) is 0 Å². The van der Waals surface area contributed by atoms with Gasteiger partial charge in [-0.05, 0) is 43.4 Å². The number of Topliss-reactive ketones (excluding diaryl/α,β-unsaturated/α-hetero) is 1. The molecule has 0 bridgehead atoms. The molecule has 0 spiro atoms. The number of ketones is 1. The fourth-order valence-corrected chi connectivity index (χ4v) is 2.73. The van der Waals surface area contributed by atoms with Crippen LogP contribution in [0.2, 0.25) is 0 Å². The summed E-state index contributed by atoms with van der Waals surface area (Å²) in [7, 11) is 0. The molecule has 0 saturated heterocycles. The maximum absolute atomic E-state index is 12.2. The molecule has 0 radical (unpaired) electrons. The van der Waals surface area contributed by atoms with Gasteiger partial charge in [0.1, 0.15) is 0 Å². The molecule has 0 aliphatic heterocycles. The van der Waals surface area contributed by atoms with Gasteiger partial charge in [-0.1, -0.05) is 27.7 Å². The SMILES string of the molecule is CC(C)CC(N)C(=O)C1CCC(C)C(C)C1. The Balaban J connectivity index is 2.48. The third kappa shape index (κ3) is 3.58. The standard InChI is InChI=1S/C14H27NO/c1-9(2)7-13(15)14(16)12-6-5-10(3)11(4)8-12/h9-13H,5-8,15H2,1-4H3. The number of rotatable bonds is 4. The Labute approximate surface area is 100.0 Å². The van der Waals surface area contributed by atoms with E-state index < -0.39 is 0 Å². The molecule has 1 saturated carbocycles. The summed E-state index contributed by atoms with van der Waals surface area (Å²) in [6.07, 6.45) is 4.12. The van der Waals surface area contributed by atoms with Gasteiger partial charge < -0.3 is 5.73 Å². The zero-order valence-corrected chi connectivity index (χ0v) is 11.2. The van der Waals surface area contributed by atoms with Crippen molar-refractivity contribution in [1.82, 2.24) is 0 Å². The maximum Gasteiger partial charge on any atom is 0.152 e. The molecular weight excluding hydrogens is 198 g/mol. The molecule has 0 heterocycles. The van der Waals surface area contributed by atoms with E-state index in [-0.39, 0.29) is 12.0 Å². The summed E-state index contributed by atoms with van der Waals surface area (Å²) < 4.78 is 0. The van der Waals surface area contributed by atoms with Crippen molar-refractivity contribution in [2.75, 3.05) is 0 Å². The molecular formula is C14H27NO. The average molecular weight is 225 g/mol. The quantitative estimate of drug-likeness (QED) is 0.799. The van der Waals surface area contributed by atoms with Gasteiger partial charge in [-0.25, -0.2) is 0 Å². The number of carbonyl (C=O) groups excluding carboxylic acids is 1. The van der Waals surface area contributed by atoms with E-state index >= 15 is 0 Å². The lowest BCUT2D eigenvalue weighted by Crippen LogP contribution is -2.39. The first-order valence-corrected chi connectivity index (χ1v) is 6.71. The molecule has 4 atom stereocenters. The van der Waals surface area contributed by atoms with Crippen LogP contribution in [0.1, 0.15) is 53.4 Å². The molecule has 0 aromatic rings. The monoisotopic (exact) mass is 225 g/mol. The van der Waals surface area contributed by atoms with Crippen LogP contribution in [0.25, 0.3) is 0 Å². The molecule has 94 valence electrons. The smallest absolute Gasteiger partial charge is 0.152 e. The van der Waals surface area contributed by atoms with Crippen LogP contribution in [0.4, 0.5) is 0 Å². The van der Waals surface area contributed by atoms with Crippen molar-refractivity contribution in [3.8, 4) is 0 Å². The summed E-state index contributed by atoms with van der Waals surface area (Å²) in [4.78, 5) is 12.2. The van der Waals surface area contributed by atoms with E-state index in [0.717, 1.165) is 25.2 Å². The lowest BCUT2D eigenvalue weighted by atomic mass is 9.73. The van der Waals surface area contributed by atoms with Gasteiger partial charge in [-0.15, -0.1) is 0 Å². The van der Waals surface area contributed by atoms with Gasteiger partial charge in [0.2, 0.25) is 0 Å². The Hall–Kier alpha value is -0.370. The Morgan fingerprint density at radius 3 is 2.38 bits per heavy atom. The Bertz CT molecular complexity index is 237. The molecule has 2 nitrogen and oxygen atoms in total. The van der Waals surface area contributed by atoms with Gasteiger partial charge in [0.05, 0.1) is 6.04 Å². The van der Waals surface area contributed by atoms with Crippen molar-refractivity contribution in [3.63, 3.8) is 0 Å². The lowest BCUT2D eigenvalue weighted by molar-refractivity contribution is -0.126. The first kappa shape index (κ1) is 13.7. The zero-order chi connectivity index (χ0) is 12.3. The van der Waals surface area contributed by atoms with Crippen LogP contribution in [-0.4, -0.2) is 11.8 Å². The van der Waals surface area contributed by atoms with Crippen LogP contribution < -0.4 is 5.73 Å². The minimum absolute atomic E-state index is 0.231. The fourth-order valence-electron chi connectivity index (χ4n) is 2.73. The topological polar surface area (TPSA) is 43.1 Å². The molecule has 1 fully saturated rings. The lowest BCUT2D eigenvalue weighted by Gasteiger charge is -2.32. The van der Waals surface area contributed by atoms with E-state index in [2.05, 4.69) is 27.7 Å². The number of hydrogen-bond donors (Lipinski definition) is 1. The molecule has 2 N–H and O–H groups in total. The van der Waals surface area contributed by atoms with Crippen LogP contribution in [-0.2, 0) is 4.79 Å². The third-order valence-electron chi connectivity index (χ3n) is 4.09. The predicted molar refractivity (Wildman–Crippen MR) is 68.1 cm³/mol. The molecule has 0 amide bonds. The molecule has 1 aliphatic carbocycles. The first-order valence-electron chi connectivity index (χ1n) is 6.71. The van der Waals surface area contributed by atoms with E-state index in [1.165, 1.54) is 6.42 Å². The van der Waals surface area contributed by atoms with Crippen molar-refractivity contribution in [2.24, 2.45) is 29.4 Å². The molecule has 0 aromatic carbocycles. The van der Waals surface area contributed by atoms with E-state index in [1.807, 2.05) is 0 Å². The van der Waals surface area contributed by atoms with Crippen LogP contribution in [0.5, 0.6) is 0 Å². The highest BCUT2D eigenvalue weighted by Crippen LogP contribution is 2.34. The summed E-state index contributed by atoms with van der Waals surface area (Å²) in [5.74, 6) is 2.51. The summed E-state index contributed by atoms with van der Waals surface area (Å²) in [5.41, 5.74) is 5.98. The van der Waals surface area contributed by atoms with Gasteiger partial charge in [0.25, 0.3) is 0 Å². The fraction of sp³-hybridized carbons (Fsp3) is 0.929. The van der Waals surface area contributed by atoms with E-state index in [9.17, 15) is 4.79 Å². The highest BCUT2D eigenvalue weighted by Gasteiger charge is 2.31. The Kier molecular flexibility index (Phi) is 4.97. The summed E-state index contributed by atoms with van der Waals surface area (Å²) in [6, 6.07) is -0.231. The number of nitrogens with two attached hydrogens (primary N) is 1. The molecule has 1 aliphatic rings. The molecule has 1 rings (SSSR count). The average Bonchev–Trinajstić information content (AvgIpc) is 2.20. The van der Waals surface area contributed by atoms with Crippen molar-refractivity contribution >= 4 is 5.78 Å². The maximum atomic E-state index is 12.2. The number of hydrogen-bond acceptors (Lipinski definition) is 2.